The topological polar surface area (TPSA) is 29.1 Å². The molecule has 0 saturated carbocycles. The first kappa shape index (κ1) is 14.7. The molecule has 0 spiro atoms. The highest BCUT2D eigenvalue weighted by Gasteiger charge is 2.11. The van der Waals surface area contributed by atoms with Crippen molar-refractivity contribution in [3.8, 4) is 0 Å². The quantitative estimate of drug-likeness (QED) is 0.826. The number of halogens is 1. The number of rotatable bonds is 7. The van der Waals surface area contributed by atoms with Gasteiger partial charge in [0.25, 0.3) is 0 Å². The number of nitrogens with one attached hydrogen (secondary N) is 1. The van der Waals surface area contributed by atoms with E-state index >= 15 is 0 Å². The minimum Gasteiger partial charge on any atom is -0.313 e. The van der Waals surface area contributed by atoms with Crippen molar-refractivity contribution >= 4 is 22.4 Å². The minimum atomic E-state index is -0.946. The summed E-state index contributed by atoms with van der Waals surface area (Å²) in [7, 11) is -0.946. The van der Waals surface area contributed by atoms with Crippen molar-refractivity contribution in [3.63, 3.8) is 0 Å². The van der Waals surface area contributed by atoms with E-state index in [1.165, 1.54) is 0 Å². The van der Waals surface area contributed by atoms with Crippen molar-refractivity contribution < 1.29 is 4.21 Å². The molecule has 1 aromatic rings. The molecular formula is C13H20ClNOS. The maximum atomic E-state index is 12.1. The lowest BCUT2D eigenvalue weighted by molar-refractivity contribution is 0.534. The van der Waals surface area contributed by atoms with Crippen LogP contribution in [0.25, 0.3) is 0 Å². The van der Waals surface area contributed by atoms with Crippen LogP contribution in [0.4, 0.5) is 0 Å². The molecule has 0 fully saturated rings. The Morgan fingerprint density at radius 2 is 1.94 bits per heavy atom. The second-order valence-electron chi connectivity index (χ2n) is 4.03. The van der Waals surface area contributed by atoms with Gasteiger partial charge < -0.3 is 5.32 Å². The Morgan fingerprint density at radius 3 is 2.47 bits per heavy atom. The molecule has 0 amide bonds. The Hall–Kier alpha value is -0.380. The van der Waals surface area contributed by atoms with Gasteiger partial charge in [0, 0.05) is 21.7 Å². The molecule has 0 heterocycles. The lowest BCUT2D eigenvalue weighted by Gasteiger charge is -2.15. The third-order valence-corrected chi connectivity index (χ3v) is 4.36. The van der Waals surface area contributed by atoms with Gasteiger partial charge in [-0.05, 0) is 43.7 Å². The summed E-state index contributed by atoms with van der Waals surface area (Å²) in [6.07, 6.45) is 2.10. The molecule has 0 radical (unpaired) electrons. The second-order valence-corrected chi connectivity index (χ2v) is 5.96. The first-order chi connectivity index (χ1) is 8.17. The lowest BCUT2D eigenvalue weighted by Crippen LogP contribution is -2.34. The fourth-order valence-electron chi connectivity index (χ4n) is 1.53. The molecule has 96 valence electrons. The van der Waals surface area contributed by atoms with Gasteiger partial charge in [0.05, 0.1) is 10.8 Å². The Morgan fingerprint density at radius 1 is 1.29 bits per heavy atom. The molecule has 0 aromatic heterocycles. The average Bonchev–Trinajstić information content (AvgIpc) is 2.35. The molecule has 1 aromatic carbocycles. The van der Waals surface area contributed by atoms with Gasteiger partial charge >= 0.3 is 0 Å². The van der Waals surface area contributed by atoms with Crippen molar-refractivity contribution in [1.82, 2.24) is 5.32 Å². The third-order valence-electron chi connectivity index (χ3n) is 2.60. The van der Waals surface area contributed by atoms with E-state index in [4.69, 9.17) is 11.6 Å². The van der Waals surface area contributed by atoms with Gasteiger partial charge in [0.1, 0.15) is 0 Å². The van der Waals surface area contributed by atoms with E-state index in [1.807, 2.05) is 12.1 Å². The fourth-order valence-corrected chi connectivity index (χ4v) is 3.01. The highest BCUT2D eigenvalue weighted by Crippen LogP contribution is 2.13. The van der Waals surface area contributed by atoms with Crippen molar-refractivity contribution in [2.45, 2.75) is 37.6 Å². The second kappa shape index (κ2) is 7.85. The molecule has 0 aliphatic carbocycles. The normalized spacial score (nSPS) is 14.5. The van der Waals surface area contributed by atoms with E-state index in [0.717, 1.165) is 24.3 Å². The van der Waals surface area contributed by atoms with Crippen LogP contribution in [-0.4, -0.2) is 22.5 Å². The standard InChI is InChI=1S/C13H20ClNOS/c1-3-9-15-12(4-2)10-17(16)13-7-5-11(14)6-8-13/h5-8,12,15H,3-4,9-10H2,1-2H3. The lowest BCUT2D eigenvalue weighted by atomic mass is 10.2. The van der Waals surface area contributed by atoms with Gasteiger partial charge in [-0.3, -0.25) is 4.21 Å². The molecule has 2 unspecified atom stereocenters. The Kier molecular flexibility index (Phi) is 6.78. The first-order valence-electron chi connectivity index (χ1n) is 6.04. The van der Waals surface area contributed by atoms with Crippen LogP contribution < -0.4 is 5.32 Å². The van der Waals surface area contributed by atoms with E-state index < -0.39 is 10.8 Å². The molecule has 4 heteroatoms. The van der Waals surface area contributed by atoms with E-state index in [2.05, 4.69) is 19.2 Å². The van der Waals surface area contributed by atoms with Crippen molar-refractivity contribution in [2.24, 2.45) is 0 Å². The van der Waals surface area contributed by atoms with Gasteiger partial charge in [0.15, 0.2) is 0 Å². The van der Waals surface area contributed by atoms with E-state index in [-0.39, 0.29) is 0 Å². The van der Waals surface area contributed by atoms with E-state index in [1.54, 1.807) is 12.1 Å². The Balaban J connectivity index is 2.54. The molecule has 0 aliphatic rings. The van der Waals surface area contributed by atoms with Crippen LogP contribution in [0, 0.1) is 0 Å². The van der Waals surface area contributed by atoms with Crippen LogP contribution in [0.15, 0.2) is 29.2 Å². The minimum absolute atomic E-state index is 0.325. The smallest absolute Gasteiger partial charge is 0.0545 e. The predicted molar refractivity (Wildman–Crippen MR) is 75.1 cm³/mol. The number of hydrogen-bond acceptors (Lipinski definition) is 2. The molecule has 0 aliphatic heterocycles. The van der Waals surface area contributed by atoms with Crippen LogP contribution in [-0.2, 0) is 10.8 Å². The summed E-state index contributed by atoms with van der Waals surface area (Å²) >= 11 is 5.81. The maximum Gasteiger partial charge on any atom is 0.0545 e. The first-order valence-corrected chi connectivity index (χ1v) is 7.74. The largest absolute Gasteiger partial charge is 0.313 e. The van der Waals surface area contributed by atoms with Gasteiger partial charge in [-0.1, -0.05) is 25.4 Å². The van der Waals surface area contributed by atoms with Gasteiger partial charge in [-0.2, -0.15) is 0 Å². The molecule has 1 N–H and O–H groups in total. The zero-order valence-corrected chi connectivity index (χ0v) is 12.0. The summed E-state index contributed by atoms with van der Waals surface area (Å²) in [6, 6.07) is 7.58. The van der Waals surface area contributed by atoms with Crippen LogP contribution in [0.1, 0.15) is 26.7 Å². The molecule has 17 heavy (non-hydrogen) atoms. The summed E-state index contributed by atoms with van der Waals surface area (Å²) in [4.78, 5) is 0.853. The molecule has 0 saturated heterocycles. The average molecular weight is 274 g/mol. The summed E-state index contributed by atoms with van der Waals surface area (Å²) in [5.74, 6) is 0.665. The fraction of sp³-hybridized carbons (Fsp3) is 0.538. The highest BCUT2D eigenvalue weighted by atomic mass is 35.5. The Labute approximate surface area is 111 Å². The molecule has 2 nitrogen and oxygen atoms in total. The highest BCUT2D eigenvalue weighted by molar-refractivity contribution is 7.85. The monoisotopic (exact) mass is 273 g/mol. The van der Waals surface area contributed by atoms with Crippen molar-refractivity contribution in [3.05, 3.63) is 29.3 Å². The number of hydrogen-bond donors (Lipinski definition) is 1. The summed E-state index contributed by atoms with van der Waals surface area (Å²) in [5.41, 5.74) is 0. The van der Waals surface area contributed by atoms with E-state index in [9.17, 15) is 4.21 Å². The Bertz CT molecular complexity index is 353. The number of benzene rings is 1. The molecular weight excluding hydrogens is 254 g/mol. The SMILES string of the molecule is CCCNC(CC)CS(=O)c1ccc(Cl)cc1. The van der Waals surface area contributed by atoms with Crippen molar-refractivity contribution in [1.29, 1.82) is 0 Å². The van der Waals surface area contributed by atoms with Crippen LogP contribution >= 0.6 is 11.6 Å². The third kappa shape index (κ3) is 5.19. The van der Waals surface area contributed by atoms with Crippen LogP contribution in [0.2, 0.25) is 5.02 Å². The zero-order valence-electron chi connectivity index (χ0n) is 10.4. The summed E-state index contributed by atoms with van der Waals surface area (Å²) < 4.78 is 12.1. The maximum absolute atomic E-state index is 12.1. The zero-order chi connectivity index (χ0) is 12.7. The molecule has 1 rings (SSSR count). The van der Waals surface area contributed by atoms with Crippen molar-refractivity contribution in [2.75, 3.05) is 12.3 Å². The van der Waals surface area contributed by atoms with Crippen LogP contribution in [0.3, 0.4) is 0 Å². The van der Waals surface area contributed by atoms with E-state index in [0.29, 0.717) is 16.8 Å². The molecule has 0 bridgehead atoms. The summed E-state index contributed by atoms with van der Waals surface area (Å²) in [6.45, 7) is 5.23. The summed E-state index contributed by atoms with van der Waals surface area (Å²) in [5, 5.41) is 4.09. The van der Waals surface area contributed by atoms with Gasteiger partial charge in [0.2, 0.25) is 0 Å². The van der Waals surface area contributed by atoms with Gasteiger partial charge in [-0.25, -0.2) is 0 Å². The van der Waals surface area contributed by atoms with Crippen LogP contribution in [0.5, 0.6) is 0 Å². The van der Waals surface area contributed by atoms with Gasteiger partial charge in [-0.15, -0.1) is 0 Å². The molecule has 2 atom stereocenters. The predicted octanol–water partition coefficient (Wildman–Crippen LogP) is 3.23.